The normalized spacial score (nSPS) is 11.5. The van der Waals surface area contributed by atoms with Crippen LogP contribution in [-0.4, -0.2) is 30.3 Å². The van der Waals surface area contributed by atoms with E-state index in [0.29, 0.717) is 12.1 Å². The Balaban J connectivity index is 2.11. The van der Waals surface area contributed by atoms with Crippen molar-refractivity contribution in [1.29, 1.82) is 0 Å². The number of carboxylic acids is 1. The molecular formula is C20H18FNO4S. The highest BCUT2D eigenvalue weighted by Crippen LogP contribution is 2.28. The molecule has 0 amide bonds. The van der Waals surface area contributed by atoms with E-state index in [9.17, 15) is 17.6 Å². The first-order chi connectivity index (χ1) is 12.8. The van der Waals surface area contributed by atoms with Gasteiger partial charge in [0.1, 0.15) is 5.82 Å². The van der Waals surface area contributed by atoms with Crippen LogP contribution in [-0.2, 0) is 21.1 Å². The molecule has 1 N–H and O–H groups in total. The van der Waals surface area contributed by atoms with Crippen LogP contribution in [0.3, 0.4) is 0 Å². The van der Waals surface area contributed by atoms with Crippen molar-refractivity contribution in [3.8, 4) is 16.9 Å². The summed E-state index contributed by atoms with van der Waals surface area (Å²) in [5.74, 6) is -1.25. The fourth-order valence-corrected chi connectivity index (χ4v) is 3.53. The molecule has 0 aliphatic rings. The predicted octanol–water partition coefficient (Wildman–Crippen LogP) is 3.70. The van der Waals surface area contributed by atoms with Gasteiger partial charge in [-0.3, -0.25) is 4.79 Å². The van der Waals surface area contributed by atoms with Crippen LogP contribution in [0, 0.1) is 5.82 Å². The van der Waals surface area contributed by atoms with Gasteiger partial charge < -0.3 is 9.67 Å². The minimum Gasteiger partial charge on any atom is -0.481 e. The van der Waals surface area contributed by atoms with E-state index >= 15 is 0 Å². The van der Waals surface area contributed by atoms with Crippen molar-refractivity contribution in [2.45, 2.75) is 17.7 Å². The molecule has 1 heterocycles. The molecule has 0 saturated heterocycles. The summed E-state index contributed by atoms with van der Waals surface area (Å²) < 4.78 is 38.5. The van der Waals surface area contributed by atoms with Crippen LogP contribution in [0.2, 0.25) is 0 Å². The van der Waals surface area contributed by atoms with Gasteiger partial charge in [0.25, 0.3) is 0 Å². The van der Waals surface area contributed by atoms with E-state index in [1.54, 1.807) is 24.3 Å². The molecule has 0 radical (unpaired) electrons. The Hall–Kier alpha value is -2.93. The van der Waals surface area contributed by atoms with E-state index in [2.05, 4.69) is 0 Å². The topological polar surface area (TPSA) is 76.4 Å². The van der Waals surface area contributed by atoms with Crippen LogP contribution >= 0.6 is 0 Å². The van der Waals surface area contributed by atoms with E-state index in [-0.39, 0.29) is 17.1 Å². The Morgan fingerprint density at radius 1 is 1.00 bits per heavy atom. The van der Waals surface area contributed by atoms with Gasteiger partial charge in [0.15, 0.2) is 9.84 Å². The largest absolute Gasteiger partial charge is 0.481 e. The van der Waals surface area contributed by atoms with Crippen LogP contribution in [0.15, 0.2) is 65.6 Å². The van der Waals surface area contributed by atoms with Crippen molar-refractivity contribution >= 4 is 15.8 Å². The molecule has 0 bridgehead atoms. The van der Waals surface area contributed by atoms with Crippen LogP contribution in [0.5, 0.6) is 0 Å². The molecule has 27 heavy (non-hydrogen) atoms. The summed E-state index contributed by atoms with van der Waals surface area (Å²) in [5, 5.41) is 9.00. The number of rotatable bonds is 6. The highest BCUT2D eigenvalue weighted by Gasteiger charge is 2.14. The fourth-order valence-electron chi connectivity index (χ4n) is 2.90. The monoisotopic (exact) mass is 387 g/mol. The molecular weight excluding hydrogens is 369 g/mol. The number of benzene rings is 2. The van der Waals surface area contributed by atoms with E-state index < -0.39 is 15.8 Å². The molecule has 5 nitrogen and oxygen atoms in total. The van der Waals surface area contributed by atoms with E-state index in [4.69, 9.17) is 5.11 Å². The van der Waals surface area contributed by atoms with Gasteiger partial charge in [-0.25, -0.2) is 12.8 Å². The van der Waals surface area contributed by atoms with Crippen molar-refractivity contribution in [2.75, 3.05) is 6.26 Å². The number of sulfone groups is 1. The molecule has 7 heteroatoms. The van der Waals surface area contributed by atoms with E-state index in [0.717, 1.165) is 23.2 Å². The lowest BCUT2D eigenvalue weighted by molar-refractivity contribution is -0.136. The van der Waals surface area contributed by atoms with Gasteiger partial charge in [-0.15, -0.1) is 0 Å². The zero-order valence-corrected chi connectivity index (χ0v) is 15.4. The van der Waals surface area contributed by atoms with Gasteiger partial charge in [0, 0.05) is 17.6 Å². The van der Waals surface area contributed by atoms with E-state index in [1.807, 2.05) is 16.7 Å². The number of aryl methyl sites for hydroxylation is 1. The molecule has 0 spiro atoms. The highest BCUT2D eigenvalue weighted by atomic mass is 32.2. The van der Waals surface area contributed by atoms with Crippen molar-refractivity contribution in [3.05, 3.63) is 72.2 Å². The van der Waals surface area contributed by atoms with E-state index in [1.165, 1.54) is 24.3 Å². The first-order valence-electron chi connectivity index (χ1n) is 8.24. The molecule has 3 aromatic rings. The summed E-state index contributed by atoms with van der Waals surface area (Å²) in [7, 11) is -3.32. The average molecular weight is 387 g/mol. The molecule has 0 fully saturated rings. The number of nitrogens with zero attached hydrogens (tertiary/aromatic N) is 1. The molecule has 0 aliphatic heterocycles. The van der Waals surface area contributed by atoms with Gasteiger partial charge in [-0.2, -0.15) is 0 Å². The number of carboxylic acid groups (broad SMARTS) is 1. The first kappa shape index (κ1) is 18.8. The van der Waals surface area contributed by atoms with Gasteiger partial charge in [0.05, 0.1) is 17.0 Å². The Kier molecular flexibility index (Phi) is 5.14. The maximum absolute atomic E-state index is 13.3. The van der Waals surface area contributed by atoms with Crippen molar-refractivity contribution < 1.29 is 22.7 Å². The minimum absolute atomic E-state index is 0.0334. The Labute approximate surface area is 156 Å². The SMILES string of the molecule is CS(=O)(=O)c1ccc(-n2c(CCC(=O)O)ccc2-c2ccc(F)cc2)cc1. The standard InChI is InChI=1S/C20H18FNO4S/c1-27(25,26)18-10-6-16(7-11-18)22-17(9-13-20(23)24)8-12-19(22)14-2-4-15(21)5-3-14/h2-8,10-12H,9,13H2,1H3,(H,23,24). The summed E-state index contributed by atoms with van der Waals surface area (Å²) in [6.07, 6.45) is 1.42. The first-order valence-corrected chi connectivity index (χ1v) is 10.1. The molecule has 0 saturated carbocycles. The summed E-state index contributed by atoms with van der Waals surface area (Å²) in [6, 6.07) is 16.1. The third kappa shape index (κ3) is 4.25. The van der Waals surface area contributed by atoms with Gasteiger partial charge in [0.2, 0.25) is 0 Å². The lowest BCUT2D eigenvalue weighted by Gasteiger charge is -2.14. The number of halogens is 1. The Bertz CT molecular complexity index is 1070. The van der Waals surface area contributed by atoms with Gasteiger partial charge in [-0.05, 0) is 72.6 Å². The summed E-state index contributed by atoms with van der Waals surface area (Å²) in [6.45, 7) is 0. The quantitative estimate of drug-likeness (QED) is 0.700. The average Bonchev–Trinajstić information content (AvgIpc) is 3.04. The minimum atomic E-state index is -3.32. The van der Waals surface area contributed by atoms with Crippen LogP contribution in [0.1, 0.15) is 12.1 Å². The van der Waals surface area contributed by atoms with Crippen LogP contribution < -0.4 is 0 Å². The van der Waals surface area contributed by atoms with Crippen molar-refractivity contribution in [1.82, 2.24) is 4.57 Å². The molecule has 0 unspecified atom stereocenters. The number of aliphatic carboxylic acids is 1. The van der Waals surface area contributed by atoms with Crippen LogP contribution in [0.25, 0.3) is 16.9 Å². The predicted molar refractivity (Wildman–Crippen MR) is 100 cm³/mol. The fraction of sp³-hybridized carbons (Fsp3) is 0.150. The number of carbonyl (C=O) groups is 1. The Morgan fingerprint density at radius 2 is 1.63 bits per heavy atom. The zero-order chi connectivity index (χ0) is 19.6. The molecule has 1 aromatic heterocycles. The second-order valence-corrected chi connectivity index (χ2v) is 8.23. The van der Waals surface area contributed by atoms with Gasteiger partial charge in [-0.1, -0.05) is 0 Å². The zero-order valence-electron chi connectivity index (χ0n) is 14.6. The summed E-state index contributed by atoms with van der Waals surface area (Å²) >= 11 is 0. The number of aromatic nitrogens is 1. The number of hydrogen-bond acceptors (Lipinski definition) is 3. The summed E-state index contributed by atoms with van der Waals surface area (Å²) in [5.41, 5.74) is 3.00. The molecule has 0 aliphatic carbocycles. The molecule has 140 valence electrons. The molecule has 0 atom stereocenters. The second kappa shape index (κ2) is 7.36. The van der Waals surface area contributed by atoms with Gasteiger partial charge >= 0.3 is 5.97 Å². The Morgan fingerprint density at radius 3 is 2.19 bits per heavy atom. The van der Waals surface area contributed by atoms with Crippen LogP contribution in [0.4, 0.5) is 4.39 Å². The highest BCUT2D eigenvalue weighted by molar-refractivity contribution is 7.90. The second-order valence-electron chi connectivity index (χ2n) is 6.21. The maximum Gasteiger partial charge on any atom is 0.303 e. The smallest absolute Gasteiger partial charge is 0.303 e. The molecule has 2 aromatic carbocycles. The third-order valence-corrected chi connectivity index (χ3v) is 5.35. The van der Waals surface area contributed by atoms with Crippen molar-refractivity contribution in [2.24, 2.45) is 0 Å². The maximum atomic E-state index is 13.3. The summed E-state index contributed by atoms with van der Waals surface area (Å²) in [4.78, 5) is 11.2. The third-order valence-electron chi connectivity index (χ3n) is 4.22. The molecule has 3 rings (SSSR count). The number of hydrogen-bond donors (Lipinski definition) is 1. The lowest BCUT2D eigenvalue weighted by Crippen LogP contribution is -2.06. The van der Waals surface area contributed by atoms with Crippen molar-refractivity contribution in [3.63, 3.8) is 0 Å². The lowest BCUT2D eigenvalue weighted by atomic mass is 10.1.